The summed E-state index contributed by atoms with van der Waals surface area (Å²) >= 11 is 0. The molecule has 0 fully saturated rings. The van der Waals surface area contributed by atoms with E-state index in [9.17, 15) is 4.79 Å². The molecule has 0 saturated carbocycles. The molecule has 0 aliphatic heterocycles. The summed E-state index contributed by atoms with van der Waals surface area (Å²) in [6.45, 7) is 11.6. The van der Waals surface area contributed by atoms with E-state index < -0.39 is 0 Å². The van der Waals surface area contributed by atoms with Crippen molar-refractivity contribution in [3.63, 3.8) is 0 Å². The Kier molecular flexibility index (Phi) is 11.1. The van der Waals surface area contributed by atoms with Gasteiger partial charge >= 0.3 is 5.97 Å². The monoisotopic (exact) mass is 241 g/mol. The van der Waals surface area contributed by atoms with Gasteiger partial charge in [-0.1, -0.05) is 33.3 Å². The van der Waals surface area contributed by atoms with Crippen molar-refractivity contribution >= 4 is 5.97 Å². The summed E-state index contributed by atoms with van der Waals surface area (Å²) in [5, 5.41) is 0. The van der Waals surface area contributed by atoms with Crippen molar-refractivity contribution in [2.24, 2.45) is 0 Å². The molecule has 0 atom stereocenters. The van der Waals surface area contributed by atoms with Crippen LogP contribution in [0.15, 0.2) is 12.7 Å². The summed E-state index contributed by atoms with van der Waals surface area (Å²) in [6, 6.07) is 0. The number of unbranched alkanes of at least 4 members (excludes halogenated alkanes) is 2. The Bertz CT molecular complexity index is 196. The van der Waals surface area contributed by atoms with Crippen LogP contribution in [0.2, 0.25) is 0 Å². The first-order valence-electron chi connectivity index (χ1n) is 6.76. The molecule has 3 heteroatoms. The van der Waals surface area contributed by atoms with Gasteiger partial charge in [0.25, 0.3) is 0 Å². The molecule has 0 unspecified atom stereocenters. The number of ether oxygens (including phenoxy) is 1. The van der Waals surface area contributed by atoms with E-state index in [0.29, 0.717) is 6.61 Å². The minimum Gasteiger partial charge on any atom is -0.462 e. The van der Waals surface area contributed by atoms with E-state index in [1.165, 1.54) is 31.8 Å². The van der Waals surface area contributed by atoms with Gasteiger partial charge < -0.3 is 9.64 Å². The number of hydrogen-bond donors (Lipinski definition) is 0. The highest BCUT2D eigenvalue weighted by Gasteiger charge is 2.04. The molecule has 0 aromatic carbocycles. The van der Waals surface area contributed by atoms with Crippen LogP contribution in [0.3, 0.4) is 0 Å². The Labute approximate surface area is 106 Å². The van der Waals surface area contributed by atoms with Crippen LogP contribution in [-0.2, 0) is 9.53 Å². The largest absolute Gasteiger partial charge is 0.462 e. The Morgan fingerprint density at radius 3 is 2.12 bits per heavy atom. The topological polar surface area (TPSA) is 29.5 Å². The van der Waals surface area contributed by atoms with Gasteiger partial charge in [-0.25, -0.2) is 4.79 Å². The van der Waals surface area contributed by atoms with Crippen molar-refractivity contribution < 1.29 is 9.53 Å². The number of rotatable bonds is 11. The fourth-order valence-electron chi connectivity index (χ4n) is 1.62. The number of hydrogen-bond acceptors (Lipinski definition) is 3. The second-order valence-corrected chi connectivity index (χ2v) is 4.27. The first kappa shape index (κ1) is 16.2. The summed E-state index contributed by atoms with van der Waals surface area (Å²) in [6.07, 6.45) is 7.08. The van der Waals surface area contributed by atoms with E-state index >= 15 is 0 Å². The van der Waals surface area contributed by atoms with Gasteiger partial charge in [-0.05, 0) is 32.4 Å². The maximum Gasteiger partial charge on any atom is 0.330 e. The minimum atomic E-state index is -0.321. The second kappa shape index (κ2) is 11.6. The zero-order valence-corrected chi connectivity index (χ0v) is 11.4. The highest BCUT2D eigenvalue weighted by molar-refractivity contribution is 5.81. The Balaban J connectivity index is 3.66. The minimum absolute atomic E-state index is 0.321. The summed E-state index contributed by atoms with van der Waals surface area (Å²) < 4.78 is 4.97. The van der Waals surface area contributed by atoms with Gasteiger partial charge in [0, 0.05) is 12.6 Å². The molecule has 100 valence electrons. The van der Waals surface area contributed by atoms with E-state index in [1.54, 1.807) is 0 Å². The van der Waals surface area contributed by atoms with Crippen LogP contribution >= 0.6 is 0 Å². The van der Waals surface area contributed by atoms with Crippen LogP contribution in [0.1, 0.15) is 46.0 Å². The highest BCUT2D eigenvalue weighted by atomic mass is 16.5. The second-order valence-electron chi connectivity index (χ2n) is 4.27. The van der Waals surface area contributed by atoms with Crippen molar-refractivity contribution in [2.75, 3.05) is 26.2 Å². The predicted molar refractivity (Wildman–Crippen MR) is 72.0 cm³/mol. The number of carbonyl (C=O) groups is 1. The molecule has 0 spiro atoms. The fourth-order valence-corrected chi connectivity index (χ4v) is 1.62. The maximum atomic E-state index is 10.8. The van der Waals surface area contributed by atoms with Crippen LogP contribution in [0, 0.1) is 0 Å². The molecule has 0 N–H and O–H groups in total. The molecule has 0 aromatic heterocycles. The summed E-state index contributed by atoms with van der Waals surface area (Å²) in [7, 11) is 0. The van der Waals surface area contributed by atoms with E-state index in [-0.39, 0.29) is 5.97 Å². The number of nitrogens with zero attached hydrogens (tertiary/aromatic N) is 1. The molecule has 0 aliphatic carbocycles. The molecule has 0 saturated heterocycles. The van der Waals surface area contributed by atoms with Gasteiger partial charge in [-0.15, -0.1) is 0 Å². The first-order valence-corrected chi connectivity index (χ1v) is 6.76. The molecule has 0 bridgehead atoms. The number of carbonyl (C=O) groups excluding carboxylic acids is 1. The van der Waals surface area contributed by atoms with Crippen LogP contribution in [-0.4, -0.2) is 37.1 Å². The zero-order valence-electron chi connectivity index (χ0n) is 11.4. The highest BCUT2D eigenvalue weighted by Crippen LogP contribution is 2.00. The molecule has 3 nitrogen and oxygen atoms in total. The van der Waals surface area contributed by atoms with Crippen LogP contribution in [0.4, 0.5) is 0 Å². The summed E-state index contributed by atoms with van der Waals surface area (Å²) in [4.78, 5) is 13.3. The van der Waals surface area contributed by atoms with Gasteiger partial charge in [-0.2, -0.15) is 0 Å². The zero-order chi connectivity index (χ0) is 12.9. The quantitative estimate of drug-likeness (QED) is 0.316. The molecular formula is C14H27NO2. The molecule has 0 aromatic rings. The lowest BCUT2D eigenvalue weighted by atomic mass is 10.2. The average molecular weight is 241 g/mol. The summed E-state index contributed by atoms with van der Waals surface area (Å²) in [5.41, 5.74) is 0. The van der Waals surface area contributed by atoms with Crippen molar-refractivity contribution in [2.45, 2.75) is 46.0 Å². The third-order valence-electron chi connectivity index (χ3n) is 2.69. The van der Waals surface area contributed by atoms with Gasteiger partial charge in [-0.3, -0.25) is 0 Å². The van der Waals surface area contributed by atoms with Crippen LogP contribution in [0.5, 0.6) is 0 Å². The summed E-state index contributed by atoms with van der Waals surface area (Å²) in [5.74, 6) is -0.321. The molecule has 17 heavy (non-hydrogen) atoms. The van der Waals surface area contributed by atoms with Crippen LogP contribution in [0.25, 0.3) is 0 Å². The van der Waals surface area contributed by atoms with Gasteiger partial charge in [0.1, 0.15) is 0 Å². The lowest BCUT2D eigenvalue weighted by Gasteiger charge is -2.21. The Morgan fingerprint density at radius 1 is 1.12 bits per heavy atom. The predicted octanol–water partition coefficient (Wildman–Crippen LogP) is 3.01. The van der Waals surface area contributed by atoms with Crippen molar-refractivity contribution in [3.05, 3.63) is 12.7 Å². The van der Waals surface area contributed by atoms with Gasteiger partial charge in [0.15, 0.2) is 0 Å². The lowest BCUT2D eigenvalue weighted by molar-refractivity contribution is -0.137. The SMILES string of the molecule is C=CC(=O)OCCCN(CCCC)CCCC. The first-order chi connectivity index (χ1) is 8.24. The van der Waals surface area contributed by atoms with Gasteiger partial charge in [0.2, 0.25) is 0 Å². The fraction of sp³-hybridized carbons (Fsp3) is 0.786. The molecule has 0 radical (unpaired) electrons. The Morgan fingerprint density at radius 2 is 1.65 bits per heavy atom. The standard InChI is InChI=1S/C14H27NO2/c1-4-7-10-15(11-8-5-2)12-9-13-17-14(16)6-3/h6H,3-5,7-13H2,1-2H3. The van der Waals surface area contributed by atoms with Crippen LogP contribution < -0.4 is 0 Å². The molecule has 0 amide bonds. The Hall–Kier alpha value is -0.830. The molecular weight excluding hydrogens is 214 g/mol. The van der Waals surface area contributed by atoms with E-state index in [2.05, 4.69) is 25.3 Å². The average Bonchev–Trinajstić information content (AvgIpc) is 2.36. The molecule has 0 aliphatic rings. The number of esters is 1. The van der Waals surface area contributed by atoms with Crippen molar-refractivity contribution in [1.29, 1.82) is 0 Å². The normalized spacial score (nSPS) is 10.5. The smallest absolute Gasteiger partial charge is 0.330 e. The lowest BCUT2D eigenvalue weighted by Crippen LogP contribution is -2.28. The maximum absolute atomic E-state index is 10.8. The molecule has 0 heterocycles. The third-order valence-corrected chi connectivity index (χ3v) is 2.69. The van der Waals surface area contributed by atoms with Crippen molar-refractivity contribution in [1.82, 2.24) is 4.90 Å². The van der Waals surface area contributed by atoms with Crippen molar-refractivity contribution in [3.8, 4) is 0 Å². The van der Waals surface area contributed by atoms with E-state index in [1.807, 2.05) is 0 Å². The van der Waals surface area contributed by atoms with E-state index in [4.69, 9.17) is 4.74 Å². The van der Waals surface area contributed by atoms with E-state index in [0.717, 1.165) is 26.1 Å². The third kappa shape index (κ3) is 10.1. The molecule has 0 rings (SSSR count). The van der Waals surface area contributed by atoms with Gasteiger partial charge in [0.05, 0.1) is 6.61 Å².